The SMILES string of the molecule is COc1ccc(C2(CNC(=O)CCc3c(C)nc4c5ccccc5nn4c3C)CCOCC2)cc1. The summed E-state index contributed by atoms with van der Waals surface area (Å²) < 4.78 is 12.9. The predicted molar refractivity (Wildman–Crippen MR) is 136 cm³/mol. The fourth-order valence-electron chi connectivity index (χ4n) is 5.21. The molecule has 2 aromatic heterocycles. The third-order valence-corrected chi connectivity index (χ3v) is 7.40. The molecule has 7 heteroatoms. The lowest BCUT2D eigenvalue weighted by Gasteiger charge is -2.38. The number of nitrogens with zero attached hydrogens (tertiary/aromatic N) is 3. The summed E-state index contributed by atoms with van der Waals surface area (Å²) in [6, 6.07) is 16.2. The number of benzene rings is 2. The van der Waals surface area contributed by atoms with Crippen molar-refractivity contribution in [1.29, 1.82) is 0 Å². The molecular formula is C28H32N4O3. The molecule has 1 aliphatic rings. The molecule has 0 saturated carbocycles. The molecule has 1 fully saturated rings. The Morgan fingerprint density at radius 3 is 2.60 bits per heavy atom. The van der Waals surface area contributed by atoms with Crippen molar-refractivity contribution in [2.24, 2.45) is 0 Å². The molecule has 0 spiro atoms. The number of carbonyl (C=O) groups excluding carboxylic acids is 1. The van der Waals surface area contributed by atoms with E-state index in [0.29, 0.717) is 32.6 Å². The number of amides is 1. The Morgan fingerprint density at radius 1 is 1.11 bits per heavy atom. The molecule has 2 aromatic carbocycles. The van der Waals surface area contributed by atoms with Gasteiger partial charge in [0.15, 0.2) is 5.65 Å². The number of hydrogen-bond acceptors (Lipinski definition) is 5. The second-order valence-corrected chi connectivity index (χ2v) is 9.41. The van der Waals surface area contributed by atoms with E-state index in [4.69, 9.17) is 19.6 Å². The monoisotopic (exact) mass is 472 g/mol. The van der Waals surface area contributed by atoms with E-state index in [-0.39, 0.29) is 11.3 Å². The van der Waals surface area contributed by atoms with Gasteiger partial charge < -0.3 is 14.8 Å². The van der Waals surface area contributed by atoms with Crippen LogP contribution < -0.4 is 10.1 Å². The number of methoxy groups -OCH3 is 1. The summed E-state index contributed by atoms with van der Waals surface area (Å²) in [5, 5.41) is 8.99. The number of hydrogen-bond donors (Lipinski definition) is 1. The molecule has 0 bridgehead atoms. The predicted octanol–water partition coefficient (Wildman–Crippen LogP) is 4.31. The maximum absolute atomic E-state index is 13.0. The summed E-state index contributed by atoms with van der Waals surface area (Å²) in [7, 11) is 1.67. The third-order valence-electron chi connectivity index (χ3n) is 7.40. The lowest BCUT2D eigenvalue weighted by Crippen LogP contribution is -2.44. The van der Waals surface area contributed by atoms with Crippen LogP contribution in [0.4, 0.5) is 0 Å². The molecule has 0 radical (unpaired) electrons. The number of aryl methyl sites for hydroxylation is 2. The van der Waals surface area contributed by atoms with E-state index in [0.717, 1.165) is 52.1 Å². The van der Waals surface area contributed by atoms with Crippen LogP contribution in [0.2, 0.25) is 0 Å². The first kappa shape index (κ1) is 23.3. The number of fused-ring (bicyclic) bond motifs is 3. The minimum Gasteiger partial charge on any atom is -0.497 e. The molecule has 3 heterocycles. The standard InChI is InChI=1S/C28H32N4O3/c1-19-23(20(2)32-27(30-19)24-6-4-5-7-25(24)31-32)12-13-26(33)29-18-28(14-16-35-17-15-28)21-8-10-22(34-3)11-9-21/h4-11H,12-18H2,1-3H3,(H,29,33). The first-order valence-electron chi connectivity index (χ1n) is 12.2. The van der Waals surface area contributed by atoms with Gasteiger partial charge in [0, 0.05) is 48.4 Å². The van der Waals surface area contributed by atoms with Gasteiger partial charge in [-0.05, 0) is 68.5 Å². The van der Waals surface area contributed by atoms with Crippen molar-refractivity contribution < 1.29 is 14.3 Å². The van der Waals surface area contributed by atoms with E-state index < -0.39 is 0 Å². The van der Waals surface area contributed by atoms with Crippen LogP contribution in [0.25, 0.3) is 16.6 Å². The average molecular weight is 473 g/mol. The first-order valence-corrected chi connectivity index (χ1v) is 12.2. The summed E-state index contributed by atoms with van der Waals surface area (Å²) in [6.45, 7) is 6.07. The van der Waals surface area contributed by atoms with Gasteiger partial charge in [0.2, 0.25) is 5.91 Å². The van der Waals surface area contributed by atoms with Crippen LogP contribution in [0.3, 0.4) is 0 Å². The maximum Gasteiger partial charge on any atom is 0.220 e. The van der Waals surface area contributed by atoms with E-state index >= 15 is 0 Å². The largest absolute Gasteiger partial charge is 0.497 e. The lowest BCUT2D eigenvalue weighted by molar-refractivity contribution is -0.121. The van der Waals surface area contributed by atoms with Crippen molar-refractivity contribution in [3.8, 4) is 5.75 Å². The van der Waals surface area contributed by atoms with Gasteiger partial charge in [0.25, 0.3) is 0 Å². The van der Waals surface area contributed by atoms with Crippen LogP contribution in [0.15, 0.2) is 48.5 Å². The highest BCUT2D eigenvalue weighted by atomic mass is 16.5. The smallest absolute Gasteiger partial charge is 0.220 e. The zero-order valence-electron chi connectivity index (χ0n) is 20.6. The van der Waals surface area contributed by atoms with Crippen molar-refractivity contribution >= 4 is 22.5 Å². The van der Waals surface area contributed by atoms with E-state index in [1.165, 1.54) is 5.56 Å². The first-order chi connectivity index (χ1) is 17.0. The van der Waals surface area contributed by atoms with Gasteiger partial charge in [-0.15, -0.1) is 0 Å². The van der Waals surface area contributed by atoms with Crippen LogP contribution in [0.1, 0.15) is 41.8 Å². The van der Waals surface area contributed by atoms with E-state index in [2.05, 4.69) is 24.4 Å². The number of rotatable bonds is 7. The van der Waals surface area contributed by atoms with Crippen molar-refractivity contribution in [1.82, 2.24) is 19.9 Å². The van der Waals surface area contributed by atoms with Crippen LogP contribution in [0, 0.1) is 13.8 Å². The Balaban J connectivity index is 1.29. The Kier molecular flexibility index (Phi) is 6.43. The second-order valence-electron chi connectivity index (χ2n) is 9.41. The number of carbonyl (C=O) groups is 1. The van der Waals surface area contributed by atoms with Crippen LogP contribution in [0.5, 0.6) is 5.75 Å². The molecular weight excluding hydrogens is 440 g/mol. The Bertz CT molecular complexity index is 1350. The molecule has 35 heavy (non-hydrogen) atoms. The highest BCUT2D eigenvalue weighted by Gasteiger charge is 2.35. The molecule has 1 aliphatic heterocycles. The summed E-state index contributed by atoms with van der Waals surface area (Å²) in [5.41, 5.74) is 5.96. The normalized spacial score (nSPS) is 15.4. The summed E-state index contributed by atoms with van der Waals surface area (Å²) in [6.07, 6.45) is 2.79. The highest BCUT2D eigenvalue weighted by molar-refractivity contribution is 5.92. The lowest BCUT2D eigenvalue weighted by atomic mass is 9.74. The van der Waals surface area contributed by atoms with Gasteiger partial charge in [0.05, 0.1) is 12.6 Å². The molecule has 1 amide bonds. The van der Waals surface area contributed by atoms with Gasteiger partial charge in [-0.3, -0.25) is 4.79 Å². The van der Waals surface area contributed by atoms with Gasteiger partial charge >= 0.3 is 0 Å². The maximum atomic E-state index is 13.0. The molecule has 0 unspecified atom stereocenters. The Hall–Kier alpha value is -3.45. The number of ether oxygens (including phenoxy) is 2. The number of nitrogens with one attached hydrogen (secondary N) is 1. The van der Waals surface area contributed by atoms with Crippen molar-refractivity contribution in [3.05, 3.63) is 71.0 Å². The van der Waals surface area contributed by atoms with Gasteiger partial charge in [0.1, 0.15) is 5.75 Å². The van der Waals surface area contributed by atoms with E-state index in [9.17, 15) is 4.79 Å². The topological polar surface area (TPSA) is 77.8 Å². The Labute approximate surface area is 205 Å². The van der Waals surface area contributed by atoms with E-state index in [1.54, 1.807) is 7.11 Å². The Morgan fingerprint density at radius 2 is 1.86 bits per heavy atom. The number of aromatic nitrogens is 3. The molecule has 182 valence electrons. The molecule has 5 rings (SSSR count). The minimum atomic E-state index is -0.123. The fourth-order valence-corrected chi connectivity index (χ4v) is 5.21. The van der Waals surface area contributed by atoms with Crippen LogP contribution in [-0.4, -0.2) is 47.4 Å². The van der Waals surface area contributed by atoms with Crippen LogP contribution >= 0.6 is 0 Å². The second kappa shape index (κ2) is 9.66. The molecule has 0 atom stereocenters. The molecule has 7 nitrogen and oxygen atoms in total. The summed E-state index contributed by atoms with van der Waals surface area (Å²) in [5.74, 6) is 0.885. The fraction of sp³-hybridized carbons (Fsp3) is 0.393. The van der Waals surface area contributed by atoms with E-state index in [1.807, 2.05) is 47.8 Å². The zero-order chi connectivity index (χ0) is 24.4. The van der Waals surface area contributed by atoms with Crippen molar-refractivity contribution in [2.75, 3.05) is 26.9 Å². The summed E-state index contributed by atoms with van der Waals surface area (Å²) in [4.78, 5) is 17.8. The van der Waals surface area contributed by atoms with Gasteiger partial charge in [-0.25, -0.2) is 9.50 Å². The zero-order valence-corrected chi connectivity index (χ0v) is 20.6. The molecule has 0 aliphatic carbocycles. The quantitative estimate of drug-likeness (QED) is 0.434. The summed E-state index contributed by atoms with van der Waals surface area (Å²) >= 11 is 0. The molecule has 1 saturated heterocycles. The average Bonchev–Trinajstić information content (AvgIpc) is 3.27. The molecule has 4 aromatic rings. The third kappa shape index (κ3) is 4.48. The molecule has 1 N–H and O–H groups in total. The highest BCUT2D eigenvalue weighted by Crippen LogP contribution is 2.35. The van der Waals surface area contributed by atoms with Crippen molar-refractivity contribution in [2.45, 2.75) is 44.9 Å². The van der Waals surface area contributed by atoms with Crippen LogP contribution in [-0.2, 0) is 21.4 Å². The van der Waals surface area contributed by atoms with Gasteiger partial charge in [-0.2, -0.15) is 5.10 Å². The van der Waals surface area contributed by atoms with Crippen molar-refractivity contribution in [3.63, 3.8) is 0 Å². The van der Waals surface area contributed by atoms with Gasteiger partial charge in [-0.1, -0.05) is 24.3 Å². The minimum absolute atomic E-state index is 0.0499.